The Bertz CT molecular complexity index is 227. The number of aldehydes is 1. The number of nitrogens with zero attached hydrogens (tertiary/aromatic N) is 1. The molecule has 1 amide bonds. The third-order valence-electron chi connectivity index (χ3n) is 3.25. The molecule has 0 radical (unpaired) electrons. The van der Waals surface area contributed by atoms with Crippen LogP contribution < -0.4 is 0 Å². The first-order valence-corrected chi connectivity index (χ1v) is 4.64. The Morgan fingerprint density at radius 3 is 2.23 bits per heavy atom. The van der Waals surface area contributed by atoms with Crippen LogP contribution in [0.5, 0.6) is 0 Å². The molecule has 72 valence electrons. The van der Waals surface area contributed by atoms with Crippen LogP contribution in [0.3, 0.4) is 0 Å². The number of amides is 1. The molecule has 4 heteroatoms. The minimum atomic E-state index is -0.822. The van der Waals surface area contributed by atoms with Crippen LogP contribution in [0, 0.1) is 17.8 Å². The number of carboxylic acid groups (broad SMARTS) is 1. The van der Waals surface area contributed by atoms with Crippen molar-refractivity contribution >= 4 is 12.4 Å². The van der Waals surface area contributed by atoms with E-state index in [0.29, 0.717) is 24.9 Å². The lowest BCUT2D eigenvalue weighted by atomic mass is 10.0. The first-order valence-electron chi connectivity index (χ1n) is 4.64. The van der Waals surface area contributed by atoms with Crippen molar-refractivity contribution < 1.29 is 14.7 Å². The summed E-state index contributed by atoms with van der Waals surface area (Å²) < 4.78 is 0. The van der Waals surface area contributed by atoms with Crippen molar-refractivity contribution in [1.29, 1.82) is 0 Å². The van der Waals surface area contributed by atoms with Crippen molar-refractivity contribution in [3.8, 4) is 0 Å². The maximum absolute atomic E-state index is 10.6. The maximum atomic E-state index is 10.6. The van der Waals surface area contributed by atoms with Crippen LogP contribution in [0.1, 0.15) is 12.8 Å². The van der Waals surface area contributed by atoms with Crippen LogP contribution in [-0.4, -0.2) is 35.5 Å². The van der Waals surface area contributed by atoms with E-state index in [1.165, 1.54) is 4.90 Å². The summed E-state index contributed by atoms with van der Waals surface area (Å²) in [5.41, 5.74) is 0. The predicted molar refractivity (Wildman–Crippen MR) is 45.4 cm³/mol. The van der Waals surface area contributed by atoms with Crippen molar-refractivity contribution in [2.24, 2.45) is 17.8 Å². The van der Waals surface area contributed by atoms with Gasteiger partial charge in [0, 0.05) is 19.0 Å². The van der Waals surface area contributed by atoms with Crippen molar-refractivity contribution in [2.75, 3.05) is 13.1 Å². The Balaban J connectivity index is 1.96. The molecule has 0 aromatic heterocycles. The molecule has 1 saturated carbocycles. The smallest absolute Gasteiger partial charge is 0.407 e. The van der Waals surface area contributed by atoms with Gasteiger partial charge in [-0.15, -0.1) is 0 Å². The summed E-state index contributed by atoms with van der Waals surface area (Å²) in [6, 6.07) is 0. The van der Waals surface area contributed by atoms with Crippen molar-refractivity contribution in [3.05, 3.63) is 0 Å². The van der Waals surface area contributed by atoms with Crippen molar-refractivity contribution in [1.82, 2.24) is 4.90 Å². The Morgan fingerprint density at radius 2 is 1.85 bits per heavy atom. The highest BCUT2D eigenvalue weighted by Crippen LogP contribution is 2.40. The molecule has 0 spiro atoms. The van der Waals surface area contributed by atoms with E-state index in [2.05, 4.69) is 0 Å². The fourth-order valence-electron chi connectivity index (χ4n) is 2.61. The minimum absolute atomic E-state index is 0.186. The number of carbonyl (C=O) groups excluding carboxylic acids is 1. The summed E-state index contributed by atoms with van der Waals surface area (Å²) in [4.78, 5) is 22.6. The molecule has 0 unspecified atom stereocenters. The molecule has 0 aromatic rings. The Morgan fingerprint density at radius 1 is 1.31 bits per heavy atom. The summed E-state index contributed by atoms with van der Waals surface area (Å²) in [7, 11) is 0. The summed E-state index contributed by atoms with van der Waals surface area (Å²) in [5.74, 6) is 1.06. The van der Waals surface area contributed by atoms with Crippen LogP contribution >= 0.6 is 0 Å². The SMILES string of the molecule is O=C[C@H]1C[C@@H]2CN(C(=O)O)C[C@@H]2C1. The normalized spacial score (nSPS) is 37.5. The molecule has 2 rings (SSSR count). The van der Waals surface area contributed by atoms with Gasteiger partial charge in [0.2, 0.25) is 0 Å². The fraction of sp³-hybridized carbons (Fsp3) is 0.778. The van der Waals surface area contributed by atoms with E-state index in [9.17, 15) is 9.59 Å². The minimum Gasteiger partial charge on any atom is -0.465 e. The zero-order chi connectivity index (χ0) is 9.42. The lowest BCUT2D eigenvalue weighted by Gasteiger charge is -2.13. The standard InChI is InChI=1S/C9H13NO3/c11-5-6-1-7-3-10(9(12)13)4-8(7)2-6/h5-8H,1-4H2,(H,12,13)/t6-,7+,8-. The third kappa shape index (κ3) is 1.41. The van der Waals surface area contributed by atoms with E-state index >= 15 is 0 Å². The predicted octanol–water partition coefficient (Wildman–Crippen LogP) is 0.821. The first-order chi connectivity index (χ1) is 6.20. The van der Waals surface area contributed by atoms with Crippen molar-refractivity contribution in [2.45, 2.75) is 12.8 Å². The zero-order valence-corrected chi connectivity index (χ0v) is 7.35. The second kappa shape index (κ2) is 3.01. The lowest BCUT2D eigenvalue weighted by molar-refractivity contribution is -0.111. The van der Waals surface area contributed by atoms with Gasteiger partial charge in [0.1, 0.15) is 6.29 Å². The maximum Gasteiger partial charge on any atom is 0.407 e. The molecule has 1 aliphatic carbocycles. The molecule has 4 nitrogen and oxygen atoms in total. The highest BCUT2D eigenvalue weighted by Gasteiger charge is 2.42. The van der Waals surface area contributed by atoms with E-state index in [1.807, 2.05) is 0 Å². The fourth-order valence-corrected chi connectivity index (χ4v) is 2.61. The largest absolute Gasteiger partial charge is 0.465 e. The number of fused-ring (bicyclic) bond motifs is 1. The van der Waals surface area contributed by atoms with E-state index in [0.717, 1.165) is 19.1 Å². The molecule has 13 heavy (non-hydrogen) atoms. The Kier molecular flexibility index (Phi) is 1.98. The number of carbonyl (C=O) groups is 2. The second-order valence-corrected chi connectivity index (χ2v) is 4.08. The van der Waals surface area contributed by atoms with Crippen LogP contribution in [0.25, 0.3) is 0 Å². The second-order valence-electron chi connectivity index (χ2n) is 4.08. The number of likely N-dealkylation sites (tertiary alicyclic amines) is 1. The summed E-state index contributed by atoms with van der Waals surface area (Å²) in [6.45, 7) is 1.26. The summed E-state index contributed by atoms with van der Waals surface area (Å²) in [5, 5.41) is 8.75. The molecular weight excluding hydrogens is 170 g/mol. The monoisotopic (exact) mass is 183 g/mol. The van der Waals surface area contributed by atoms with E-state index in [4.69, 9.17) is 5.11 Å². The Hall–Kier alpha value is -1.06. The van der Waals surface area contributed by atoms with Gasteiger partial charge < -0.3 is 14.8 Å². The number of rotatable bonds is 1. The van der Waals surface area contributed by atoms with Crippen LogP contribution in [0.2, 0.25) is 0 Å². The van der Waals surface area contributed by atoms with Crippen molar-refractivity contribution in [3.63, 3.8) is 0 Å². The quantitative estimate of drug-likeness (QED) is 0.612. The van der Waals surface area contributed by atoms with E-state index in [1.54, 1.807) is 0 Å². The number of hydrogen-bond donors (Lipinski definition) is 1. The van der Waals surface area contributed by atoms with Gasteiger partial charge in [0.05, 0.1) is 0 Å². The van der Waals surface area contributed by atoms with Crippen LogP contribution in [0.4, 0.5) is 4.79 Å². The molecule has 2 aliphatic rings. The average molecular weight is 183 g/mol. The van der Waals surface area contributed by atoms with Gasteiger partial charge in [-0.3, -0.25) is 0 Å². The van der Waals surface area contributed by atoms with Gasteiger partial charge in [0.15, 0.2) is 0 Å². The molecular formula is C9H13NO3. The van der Waals surface area contributed by atoms with Gasteiger partial charge >= 0.3 is 6.09 Å². The van der Waals surface area contributed by atoms with Gasteiger partial charge in [-0.1, -0.05) is 0 Å². The van der Waals surface area contributed by atoms with Crippen LogP contribution in [-0.2, 0) is 4.79 Å². The van der Waals surface area contributed by atoms with Gasteiger partial charge in [0.25, 0.3) is 0 Å². The molecule has 0 bridgehead atoms. The van der Waals surface area contributed by atoms with E-state index < -0.39 is 6.09 Å². The van der Waals surface area contributed by atoms with Gasteiger partial charge in [-0.25, -0.2) is 4.79 Å². The van der Waals surface area contributed by atoms with Gasteiger partial charge in [-0.2, -0.15) is 0 Å². The molecule has 1 saturated heterocycles. The first kappa shape index (κ1) is 8.53. The third-order valence-corrected chi connectivity index (χ3v) is 3.25. The zero-order valence-electron chi connectivity index (χ0n) is 7.35. The van der Waals surface area contributed by atoms with E-state index in [-0.39, 0.29) is 5.92 Å². The summed E-state index contributed by atoms with van der Waals surface area (Å²) in [6.07, 6.45) is 1.97. The lowest BCUT2D eigenvalue weighted by Crippen LogP contribution is -2.28. The highest BCUT2D eigenvalue weighted by molar-refractivity contribution is 5.65. The molecule has 0 aromatic carbocycles. The molecule has 3 atom stereocenters. The molecule has 1 aliphatic heterocycles. The van der Waals surface area contributed by atoms with Crippen LogP contribution in [0.15, 0.2) is 0 Å². The Labute approximate surface area is 76.5 Å². The molecule has 1 heterocycles. The highest BCUT2D eigenvalue weighted by atomic mass is 16.4. The topological polar surface area (TPSA) is 57.6 Å². The average Bonchev–Trinajstić information content (AvgIpc) is 2.58. The molecule has 2 fully saturated rings. The number of hydrogen-bond acceptors (Lipinski definition) is 2. The van der Waals surface area contributed by atoms with Gasteiger partial charge in [-0.05, 0) is 24.7 Å². The summed E-state index contributed by atoms with van der Waals surface area (Å²) >= 11 is 0. The molecule has 1 N–H and O–H groups in total.